The minimum atomic E-state index is -0.263. The Morgan fingerprint density at radius 3 is 2.95 bits per heavy atom. The normalized spacial score (nSPS) is 11.1. The Balaban J connectivity index is 2.05. The van der Waals surface area contributed by atoms with E-state index >= 15 is 0 Å². The van der Waals surface area contributed by atoms with Crippen LogP contribution in [0.1, 0.15) is 5.69 Å². The zero-order valence-electron chi connectivity index (χ0n) is 10.5. The van der Waals surface area contributed by atoms with Crippen LogP contribution in [0.15, 0.2) is 42.6 Å². The maximum atomic E-state index is 13.2. The van der Waals surface area contributed by atoms with E-state index in [9.17, 15) is 4.39 Å². The molecule has 0 saturated carbocycles. The first-order chi connectivity index (χ1) is 9.26. The number of nitrogens with one attached hydrogen (secondary N) is 1. The van der Waals surface area contributed by atoms with Gasteiger partial charge < -0.3 is 5.32 Å². The second-order valence-corrected chi connectivity index (χ2v) is 4.29. The van der Waals surface area contributed by atoms with E-state index in [2.05, 4.69) is 15.4 Å². The fraction of sp³-hybridized carbons (Fsp3) is 0.143. The zero-order valence-corrected chi connectivity index (χ0v) is 10.5. The van der Waals surface area contributed by atoms with Crippen molar-refractivity contribution >= 4 is 5.65 Å². The summed E-state index contributed by atoms with van der Waals surface area (Å²) in [6.07, 6.45) is 1.87. The molecular formula is C14H13FN4. The highest BCUT2D eigenvalue weighted by Crippen LogP contribution is 2.18. The van der Waals surface area contributed by atoms with E-state index in [4.69, 9.17) is 0 Å². The third-order valence-electron chi connectivity index (χ3n) is 2.85. The van der Waals surface area contributed by atoms with Gasteiger partial charge in [-0.3, -0.25) is 0 Å². The highest BCUT2D eigenvalue weighted by atomic mass is 19.1. The molecule has 3 aromatic rings. The fourth-order valence-electron chi connectivity index (χ4n) is 2.00. The monoisotopic (exact) mass is 256 g/mol. The quantitative estimate of drug-likeness (QED) is 0.781. The number of hydrogen-bond acceptors (Lipinski definition) is 3. The van der Waals surface area contributed by atoms with Gasteiger partial charge in [-0.05, 0) is 31.3 Å². The lowest BCUT2D eigenvalue weighted by Crippen LogP contribution is -2.04. The Hall–Kier alpha value is -2.27. The van der Waals surface area contributed by atoms with Gasteiger partial charge in [0.2, 0.25) is 0 Å². The van der Waals surface area contributed by atoms with Crippen molar-refractivity contribution in [2.75, 3.05) is 7.05 Å². The second-order valence-electron chi connectivity index (χ2n) is 4.29. The van der Waals surface area contributed by atoms with Gasteiger partial charge in [0.05, 0.1) is 17.6 Å². The molecule has 4 nitrogen and oxygen atoms in total. The first kappa shape index (κ1) is 11.8. The molecule has 2 aromatic heterocycles. The Bertz CT molecular complexity index is 720. The molecule has 0 aliphatic rings. The van der Waals surface area contributed by atoms with Crippen LogP contribution in [-0.2, 0) is 6.54 Å². The summed E-state index contributed by atoms with van der Waals surface area (Å²) in [7, 11) is 1.87. The van der Waals surface area contributed by atoms with Gasteiger partial charge in [0, 0.05) is 12.1 Å². The van der Waals surface area contributed by atoms with E-state index in [1.54, 1.807) is 10.6 Å². The largest absolute Gasteiger partial charge is 0.314 e. The molecule has 1 N–H and O–H groups in total. The smallest absolute Gasteiger partial charge is 0.153 e. The lowest BCUT2D eigenvalue weighted by molar-refractivity contribution is 0.628. The van der Waals surface area contributed by atoms with Crippen LogP contribution >= 0.6 is 0 Å². The molecular weight excluding hydrogens is 243 g/mol. The van der Waals surface area contributed by atoms with Crippen molar-refractivity contribution in [1.82, 2.24) is 19.9 Å². The predicted octanol–water partition coefficient (Wildman–Crippen LogP) is 2.25. The van der Waals surface area contributed by atoms with E-state index in [1.807, 2.05) is 31.4 Å². The molecule has 0 unspecified atom stereocenters. The Morgan fingerprint density at radius 1 is 1.26 bits per heavy atom. The highest BCUT2D eigenvalue weighted by molar-refractivity contribution is 5.60. The van der Waals surface area contributed by atoms with Gasteiger partial charge in [0.15, 0.2) is 5.65 Å². The molecule has 0 fully saturated rings. The number of imidazole rings is 1. The molecule has 0 radical (unpaired) electrons. The molecule has 0 atom stereocenters. The molecule has 0 aliphatic heterocycles. The molecule has 19 heavy (non-hydrogen) atoms. The average Bonchev–Trinajstić information content (AvgIpc) is 2.80. The zero-order chi connectivity index (χ0) is 13.2. The van der Waals surface area contributed by atoms with Crippen LogP contribution in [-0.4, -0.2) is 21.6 Å². The van der Waals surface area contributed by atoms with E-state index in [0.717, 1.165) is 22.6 Å². The number of fused-ring (bicyclic) bond motifs is 1. The number of benzene rings is 1. The van der Waals surface area contributed by atoms with Crippen LogP contribution in [0.2, 0.25) is 0 Å². The Kier molecular flexibility index (Phi) is 2.97. The number of aromatic nitrogens is 3. The molecule has 0 spiro atoms. The average molecular weight is 256 g/mol. The van der Waals surface area contributed by atoms with Crippen LogP contribution in [0.3, 0.4) is 0 Å². The van der Waals surface area contributed by atoms with E-state index in [0.29, 0.717) is 6.54 Å². The van der Waals surface area contributed by atoms with Crippen molar-refractivity contribution in [3.8, 4) is 11.3 Å². The minimum absolute atomic E-state index is 0.263. The van der Waals surface area contributed by atoms with Crippen LogP contribution in [0.25, 0.3) is 16.9 Å². The van der Waals surface area contributed by atoms with Gasteiger partial charge in [-0.25, -0.2) is 13.9 Å². The summed E-state index contributed by atoms with van der Waals surface area (Å²) in [6, 6.07) is 10.1. The Morgan fingerprint density at radius 2 is 2.16 bits per heavy atom. The molecule has 0 aliphatic carbocycles. The standard InChI is InChI=1S/C14H13FN4/c1-16-8-12-9-19-14(17-12)6-5-13(18-19)10-3-2-4-11(15)7-10/h2-7,9,16H,8H2,1H3. The van der Waals surface area contributed by atoms with Crippen molar-refractivity contribution in [3.63, 3.8) is 0 Å². The molecule has 3 rings (SSSR count). The summed E-state index contributed by atoms with van der Waals surface area (Å²) in [4.78, 5) is 4.42. The first-order valence-corrected chi connectivity index (χ1v) is 6.02. The van der Waals surface area contributed by atoms with E-state index in [1.165, 1.54) is 12.1 Å². The van der Waals surface area contributed by atoms with Crippen molar-refractivity contribution in [2.24, 2.45) is 0 Å². The van der Waals surface area contributed by atoms with Gasteiger partial charge in [-0.15, -0.1) is 0 Å². The van der Waals surface area contributed by atoms with E-state index in [-0.39, 0.29) is 5.82 Å². The molecule has 5 heteroatoms. The van der Waals surface area contributed by atoms with Crippen molar-refractivity contribution in [2.45, 2.75) is 6.54 Å². The summed E-state index contributed by atoms with van der Waals surface area (Å²) in [5, 5.41) is 7.49. The van der Waals surface area contributed by atoms with Gasteiger partial charge in [0.1, 0.15) is 5.82 Å². The lowest BCUT2D eigenvalue weighted by atomic mass is 10.1. The topological polar surface area (TPSA) is 42.2 Å². The summed E-state index contributed by atoms with van der Waals surface area (Å²) in [5.74, 6) is -0.263. The molecule has 1 aromatic carbocycles. The third-order valence-corrected chi connectivity index (χ3v) is 2.85. The van der Waals surface area contributed by atoms with Gasteiger partial charge >= 0.3 is 0 Å². The Labute approximate surface area is 109 Å². The summed E-state index contributed by atoms with van der Waals surface area (Å²) in [6.45, 7) is 0.693. The maximum absolute atomic E-state index is 13.2. The van der Waals surface area contributed by atoms with Crippen molar-refractivity contribution in [1.29, 1.82) is 0 Å². The summed E-state index contributed by atoms with van der Waals surface area (Å²) in [5.41, 5.74) is 3.18. The maximum Gasteiger partial charge on any atom is 0.153 e. The second kappa shape index (κ2) is 4.78. The number of rotatable bonds is 3. The van der Waals surface area contributed by atoms with E-state index < -0.39 is 0 Å². The summed E-state index contributed by atoms with van der Waals surface area (Å²) >= 11 is 0. The van der Waals surface area contributed by atoms with Crippen LogP contribution in [0.4, 0.5) is 4.39 Å². The molecule has 2 heterocycles. The SMILES string of the molecule is CNCc1cn2nc(-c3cccc(F)c3)ccc2n1. The van der Waals surface area contributed by atoms with Gasteiger partial charge in [0.25, 0.3) is 0 Å². The van der Waals surface area contributed by atoms with Crippen LogP contribution in [0.5, 0.6) is 0 Å². The molecule has 0 bridgehead atoms. The molecule has 0 saturated heterocycles. The predicted molar refractivity (Wildman–Crippen MR) is 71.1 cm³/mol. The van der Waals surface area contributed by atoms with Crippen LogP contribution in [0, 0.1) is 5.82 Å². The summed E-state index contributed by atoms with van der Waals surface area (Å²) < 4.78 is 14.9. The highest BCUT2D eigenvalue weighted by Gasteiger charge is 2.05. The lowest BCUT2D eigenvalue weighted by Gasteiger charge is -2.01. The minimum Gasteiger partial charge on any atom is -0.314 e. The molecule has 0 amide bonds. The fourth-order valence-corrected chi connectivity index (χ4v) is 2.00. The van der Waals surface area contributed by atoms with Crippen molar-refractivity contribution in [3.05, 3.63) is 54.1 Å². The van der Waals surface area contributed by atoms with Gasteiger partial charge in [-0.1, -0.05) is 12.1 Å². The van der Waals surface area contributed by atoms with Gasteiger partial charge in [-0.2, -0.15) is 5.10 Å². The van der Waals surface area contributed by atoms with Crippen LogP contribution < -0.4 is 5.32 Å². The number of halogens is 1. The molecule has 96 valence electrons. The third kappa shape index (κ3) is 2.32. The van der Waals surface area contributed by atoms with Crippen molar-refractivity contribution < 1.29 is 4.39 Å². The number of nitrogens with zero attached hydrogens (tertiary/aromatic N) is 3. The number of hydrogen-bond donors (Lipinski definition) is 1. The first-order valence-electron chi connectivity index (χ1n) is 6.02.